The van der Waals surface area contributed by atoms with Gasteiger partial charge in [-0.25, -0.2) is 8.42 Å². The van der Waals surface area contributed by atoms with E-state index in [4.69, 9.17) is 4.74 Å². The summed E-state index contributed by atoms with van der Waals surface area (Å²) in [5.41, 5.74) is 2.06. The molecule has 5 nitrogen and oxygen atoms in total. The van der Waals surface area contributed by atoms with Gasteiger partial charge in [-0.1, -0.05) is 28.1 Å². The number of carbonyl (C=O) groups is 1. The average molecular weight is 426 g/mol. The summed E-state index contributed by atoms with van der Waals surface area (Å²) in [5.74, 6) is 0.534. The predicted octanol–water partition coefficient (Wildman–Crippen LogP) is 3.27. The first-order valence-corrected chi connectivity index (χ1v) is 10.4. The SMILES string of the molecule is COc1ccc(Br)cc1CN(C)C(=O)c1ccc(CS(C)(=O)=O)cc1. The third kappa shape index (κ3) is 5.57. The van der Waals surface area contributed by atoms with Crippen molar-refractivity contribution < 1.29 is 17.9 Å². The topological polar surface area (TPSA) is 63.7 Å². The smallest absolute Gasteiger partial charge is 0.253 e. The van der Waals surface area contributed by atoms with Crippen LogP contribution in [0, 0.1) is 0 Å². The van der Waals surface area contributed by atoms with Crippen molar-refractivity contribution in [1.82, 2.24) is 4.90 Å². The predicted molar refractivity (Wildman–Crippen MR) is 101 cm³/mol. The fourth-order valence-corrected chi connectivity index (χ4v) is 3.67. The first-order valence-electron chi connectivity index (χ1n) is 7.54. The number of sulfone groups is 1. The van der Waals surface area contributed by atoms with Crippen molar-refractivity contribution in [2.45, 2.75) is 12.3 Å². The Balaban J connectivity index is 2.13. The van der Waals surface area contributed by atoms with Crippen molar-refractivity contribution >= 4 is 31.7 Å². The number of nitrogens with zero attached hydrogens (tertiary/aromatic N) is 1. The van der Waals surface area contributed by atoms with Crippen LogP contribution in [0.2, 0.25) is 0 Å². The number of methoxy groups -OCH3 is 1. The van der Waals surface area contributed by atoms with Gasteiger partial charge in [-0.2, -0.15) is 0 Å². The van der Waals surface area contributed by atoms with Crippen LogP contribution in [-0.2, 0) is 22.1 Å². The molecular weight excluding hydrogens is 406 g/mol. The molecule has 0 saturated heterocycles. The quantitative estimate of drug-likeness (QED) is 0.712. The second kappa shape index (κ2) is 8.01. The standard InChI is InChI=1S/C18H20BrNO4S/c1-20(11-15-10-16(19)8-9-17(15)24-2)18(21)14-6-4-13(5-7-14)12-25(3,22)23/h4-10H,11-12H2,1-3H3. The molecule has 0 N–H and O–H groups in total. The minimum absolute atomic E-state index is 0.0352. The number of rotatable bonds is 6. The van der Waals surface area contributed by atoms with E-state index in [0.717, 1.165) is 10.0 Å². The Hall–Kier alpha value is -1.86. The maximum atomic E-state index is 12.6. The first-order chi connectivity index (χ1) is 11.7. The van der Waals surface area contributed by atoms with Crippen LogP contribution in [-0.4, -0.2) is 39.6 Å². The number of ether oxygens (including phenoxy) is 1. The number of hydrogen-bond donors (Lipinski definition) is 0. The molecule has 0 aliphatic carbocycles. The molecule has 0 heterocycles. The molecule has 0 aliphatic rings. The molecule has 0 aliphatic heterocycles. The maximum absolute atomic E-state index is 12.6. The first kappa shape index (κ1) is 19.5. The summed E-state index contributed by atoms with van der Waals surface area (Å²) in [6.07, 6.45) is 1.19. The van der Waals surface area contributed by atoms with Gasteiger partial charge in [-0.05, 0) is 35.9 Å². The maximum Gasteiger partial charge on any atom is 0.253 e. The molecule has 0 atom stereocenters. The Morgan fingerprint density at radius 1 is 1.16 bits per heavy atom. The number of hydrogen-bond acceptors (Lipinski definition) is 4. The van der Waals surface area contributed by atoms with Gasteiger partial charge in [0.2, 0.25) is 0 Å². The number of benzene rings is 2. The van der Waals surface area contributed by atoms with Crippen molar-refractivity contribution in [2.75, 3.05) is 20.4 Å². The Morgan fingerprint density at radius 2 is 1.80 bits per heavy atom. The van der Waals surface area contributed by atoms with E-state index in [1.807, 2.05) is 18.2 Å². The molecule has 0 aromatic heterocycles. The Kier molecular flexibility index (Phi) is 6.24. The average Bonchev–Trinajstić information content (AvgIpc) is 2.53. The summed E-state index contributed by atoms with van der Waals surface area (Å²) in [4.78, 5) is 14.2. The third-order valence-corrected chi connectivity index (χ3v) is 4.98. The molecule has 0 radical (unpaired) electrons. The molecule has 25 heavy (non-hydrogen) atoms. The van der Waals surface area contributed by atoms with Crippen molar-refractivity contribution in [3.05, 3.63) is 63.6 Å². The van der Waals surface area contributed by atoms with Crippen LogP contribution in [0.5, 0.6) is 5.75 Å². The van der Waals surface area contributed by atoms with Crippen LogP contribution < -0.4 is 4.74 Å². The highest BCUT2D eigenvalue weighted by Crippen LogP contribution is 2.24. The lowest BCUT2D eigenvalue weighted by Gasteiger charge is -2.19. The third-order valence-electron chi connectivity index (χ3n) is 3.63. The van der Waals surface area contributed by atoms with Gasteiger partial charge in [0.15, 0.2) is 9.84 Å². The largest absolute Gasteiger partial charge is 0.496 e. The molecule has 2 rings (SSSR count). The van der Waals surface area contributed by atoms with E-state index in [1.54, 1.807) is 43.3 Å². The highest BCUT2D eigenvalue weighted by atomic mass is 79.9. The van der Waals surface area contributed by atoms with Gasteiger partial charge >= 0.3 is 0 Å². The van der Waals surface area contributed by atoms with Gasteiger partial charge in [0.05, 0.1) is 12.9 Å². The lowest BCUT2D eigenvalue weighted by atomic mass is 10.1. The van der Waals surface area contributed by atoms with E-state index in [-0.39, 0.29) is 11.7 Å². The minimum Gasteiger partial charge on any atom is -0.496 e. The van der Waals surface area contributed by atoms with Crippen molar-refractivity contribution in [2.24, 2.45) is 0 Å². The molecule has 0 spiro atoms. The summed E-state index contributed by atoms with van der Waals surface area (Å²) in [6.45, 7) is 0.395. The highest BCUT2D eigenvalue weighted by molar-refractivity contribution is 9.10. The van der Waals surface area contributed by atoms with E-state index >= 15 is 0 Å². The monoisotopic (exact) mass is 425 g/mol. The molecule has 1 amide bonds. The molecule has 2 aromatic rings. The van der Waals surface area contributed by atoms with Gasteiger partial charge in [0.1, 0.15) is 5.75 Å². The van der Waals surface area contributed by atoms with E-state index in [9.17, 15) is 13.2 Å². The number of halogens is 1. The molecule has 7 heteroatoms. The van der Waals surface area contributed by atoms with Crippen molar-refractivity contribution in [1.29, 1.82) is 0 Å². The highest BCUT2D eigenvalue weighted by Gasteiger charge is 2.15. The van der Waals surface area contributed by atoms with E-state index in [2.05, 4.69) is 15.9 Å². The molecule has 0 unspecified atom stereocenters. The van der Waals surface area contributed by atoms with Gasteiger partial charge in [0, 0.05) is 35.4 Å². The summed E-state index contributed by atoms with van der Waals surface area (Å²) in [6, 6.07) is 12.3. The van der Waals surface area contributed by atoms with Gasteiger partial charge in [-0.3, -0.25) is 4.79 Å². The van der Waals surface area contributed by atoms with Crippen LogP contribution in [0.4, 0.5) is 0 Å². The second-order valence-electron chi connectivity index (χ2n) is 5.88. The lowest BCUT2D eigenvalue weighted by Crippen LogP contribution is -2.26. The van der Waals surface area contributed by atoms with E-state index in [0.29, 0.717) is 23.4 Å². The van der Waals surface area contributed by atoms with Gasteiger partial charge in [-0.15, -0.1) is 0 Å². The summed E-state index contributed by atoms with van der Waals surface area (Å²) < 4.78 is 28.9. The zero-order chi connectivity index (χ0) is 18.6. The summed E-state index contributed by atoms with van der Waals surface area (Å²) >= 11 is 3.42. The molecule has 0 fully saturated rings. The van der Waals surface area contributed by atoms with E-state index < -0.39 is 9.84 Å². The molecule has 0 bridgehead atoms. The number of carbonyl (C=O) groups excluding carboxylic acids is 1. The normalized spacial score (nSPS) is 11.2. The van der Waals surface area contributed by atoms with Crippen molar-refractivity contribution in [3.8, 4) is 5.75 Å². The fourth-order valence-electron chi connectivity index (χ4n) is 2.46. The van der Waals surface area contributed by atoms with Gasteiger partial charge in [0.25, 0.3) is 5.91 Å². The molecule has 134 valence electrons. The Morgan fingerprint density at radius 3 is 2.36 bits per heavy atom. The van der Waals surface area contributed by atoms with Crippen LogP contribution in [0.3, 0.4) is 0 Å². The van der Waals surface area contributed by atoms with Crippen LogP contribution in [0.15, 0.2) is 46.9 Å². The lowest BCUT2D eigenvalue weighted by molar-refractivity contribution is 0.0784. The minimum atomic E-state index is -3.09. The molecule has 2 aromatic carbocycles. The summed E-state index contributed by atoms with van der Waals surface area (Å²) in [7, 11) is 0.215. The molecular formula is C18H20BrNO4S. The van der Waals surface area contributed by atoms with Crippen LogP contribution in [0.25, 0.3) is 0 Å². The Labute approximate surface area is 156 Å². The Bertz CT molecular complexity index is 863. The van der Waals surface area contributed by atoms with Crippen LogP contribution >= 0.6 is 15.9 Å². The zero-order valence-electron chi connectivity index (χ0n) is 14.3. The molecule has 0 saturated carbocycles. The van der Waals surface area contributed by atoms with Crippen LogP contribution in [0.1, 0.15) is 21.5 Å². The van der Waals surface area contributed by atoms with Crippen molar-refractivity contribution in [3.63, 3.8) is 0 Å². The zero-order valence-corrected chi connectivity index (χ0v) is 16.7. The summed E-state index contributed by atoms with van der Waals surface area (Å²) in [5, 5.41) is 0. The number of amides is 1. The second-order valence-corrected chi connectivity index (χ2v) is 8.94. The van der Waals surface area contributed by atoms with E-state index in [1.165, 1.54) is 6.26 Å². The van der Waals surface area contributed by atoms with Gasteiger partial charge < -0.3 is 9.64 Å². The fraction of sp³-hybridized carbons (Fsp3) is 0.278.